The second-order valence-corrected chi connectivity index (χ2v) is 4.69. The summed E-state index contributed by atoms with van der Waals surface area (Å²) < 4.78 is 53.0. The maximum absolute atomic E-state index is 14.0. The summed E-state index contributed by atoms with van der Waals surface area (Å²) in [7, 11) is 0. The molecule has 1 aromatic carbocycles. The summed E-state index contributed by atoms with van der Waals surface area (Å²) in [6.07, 6.45) is -5.02. The van der Waals surface area contributed by atoms with E-state index in [9.17, 15) is 17.6 Å². The summed E-state index contributed by atoms with van der Waals surface area (Å²) in [6.45, 7) is 0.0647. The Kier molecular flexibility index (Phi) is 4.41. The Morgan fingerprint density at radius 2 is 2.00 bits per heavy atom. The summed E-state index contributed by atoms with van der Waals surface area (Å²) in [6, 6.07) is 5.94. The fourth-order valence-corrected chi connectivity index (χ4v) is 2.26. The zero-order valence-electron chi connectivity index (χ0n) is 11.2. The molecule has 0 aliphatic rings. The van der Waals surface area contributed by atoms with Gasteiger partial charge >= 0.3 is 0 Å². The summed E-state index contributed by atoms with van der Waals surface area (Å²) in [4.78, 5) is 4.09. The Bertz CT molecular complexity index is 709. The number of nitrogens with zero attached hydrogens (tertiary/aromatic N) is 2. The fraction of sp³-hybridized carbons (Fsp3) is 0.333. The van der Waals surface area contributed by atoms with Gasteiger partial charge in [-0.3, -0.25) is 4.98 Å². The monoisotopic (exact) mass is 296 g/mol. The average molecular weight is 296 g/mol. The minimum absolute atomic E-state index is 0.00121. The Balaban J connectivity index is 2.66. The molecule has 0 amide bonds. The molecule has 0 N–H and O–H groups in total. The molecule has 2 unspecified atom stereocenters. The van der Waals surface area contributed by atoms with Crippen LogP contribution in [0.3, 0.4) is 0 Å². The number of aryl methyl sites for hydroxylation is 1. The Morgan fingerprint density at radius 1 is 1.29 bits per heavy atom. The van der Waals surface area contributed by atoms with Crippen LogP contribution in [0.2, 0.25) is 0 Å². The van der Waals surface area contributed by atoms with Crippen molar-refractivity contribution in [2.75, 3.05) is 6.67 Å². The van der Waals surface area contributed by atoms with E-state index in [2.05, 4.69) is 4.98 Å². The van der Waals surface area contributed by atoms with Crippen LogP contribution in [0.15, 0.2) is 18.2 Å². The zero-order valence-corrected chi connectivity index (χ0v) is 11.2. The van der Waals surface area contributed by atoms with Crippen molar-refractivity contribution < 1.29 is 17.6 Å². The van der Waals surface area contributed by atoms with Gasteiger partial charge in [-0.25, -0.2) is 17.6 Å². The number of hydrogen-bond donors (Lipinski definition) is 0. The van der Waals surface area contributed by atoms with Crippen molar-refractivity contribution >= 4 is 10.9 Å². The highest BCUT2D eigenvalue weighted by molar-refractivity contribution is 5.85. The number of halogens is 4. The first-order chi connectivity index (χ1) is 9.99. The molecule has 0 radical (unpaired) electrons. The second kappa shape index (κ2) is 6.08. The third-order valence-electron chi connectivity index (χ3n) is 3.30. The molecule has 110 valence electrons. The predicted octanol–water partition coefficient (Wildman–Crippen LogP) is 3.74. The second-order valence-electron chi connectivity index (χ2n) is 4.69. The van der Waals surface area contributed by atoms with Crippen molar-refractivity contribution in [1.29, 1.82) is 5.26 Å². The highest BCUT2D eigenvalue weighted by Gasteiger charge is 2.25. The number of nitriles is 1. The number of benzene rings is 1. The molecule has 2 aromatic rings. The highest BCUT2D eigenvalue weighted by Crippen LogP contribution is 2.28. The van der Waals surface area contributed by atoms with Crippen molar-refractivity contribution in [2.45, 2.75) is 25.7 Å². The van der Waals surface area contributed by atoms with E-state index in [1.165, 1.54) is 19.1 Å². The van der Waals surface area contributed by atoms with Gasteiger partial charge in [0, 0.05) is 11.8 Å². The molecule has 0 aliphatic heterocycles. The van der Waals surface area contributed by atoms with E-state index >= 15 is 0 Å². The molecule has 0 bridgehead atoms. The van der Waals surface area contributed by atoms with Gasteiger partial charge in [0.1, 0.15) is 24.7 Å². The van der Waals surface area contributed by atoms with E-state index in [4.69, 9.17) is 5.26 Å². The predicted molar refractivity (Wildman–Crippen MR) is 70.6 cm³/mol. The summed E-state index contributed by atoms with van der Waals surface area (Å²) in [5.74, 6) is -0.672. The zero-order chi connectivity index (χ0) is 15.6. The van der Waals surface area contributed by atoms with Gasteiger partial charge in [-0.2, -0.15) is 5.26 Å². The largest absolute Gasteiger partial charge is 0.252 e. The molecule has 0 saturated carbocycles. The molecule has 2 rings (SSSR count). The summed E-state index contributed by atoms with van der Waals surface area (Å²) in [5.41, 5.74) is 0.584. The van der Waals surface area contributed by atoms with E-state index < -0.39 is 31.3 Å². The summed E-state index contributed by atoms with van der Waals surface area (Å²) >= 11 is 0. The lowest BCUT2D eigenvalue weighted by atomic mass is 9.95. The highest BCUT2D eigenvalue weighted by atomic mass is 19.2. The number of alkyl halides is 3. The molecule has 1 aromatic heterocycles. The van der Waals surface area contributed by atoms with Crippen molar-refractivity contribution in [2.24, 2.45) is 0 Å². The Labute approximate surface area is 119 Å². The third kappa shape index (κ3) is 2.82. The van der Waals surface area contributed by atoms with Crippen LogP contribution in [-0.2, 0) is 6.42 Å². The SMILES string of the molecule is Cc1nc2cccc(F)c2c(CC(F)C(F)CF)c1C#N. The van der Waals surface area contributed by atoms with Gasteiger partial charge in [0.2, 0.25) is 0 Å². The van der Waals surface area contributed by atoms with Crippen LogP contribution in [0, 0.1) is 24.1 Å². The van der Waals surface area contributed by atoms with Gasteiger partial charge in [0.05, 0.1) is 16.8 Å². The maximum atomic E-state index is 14.0. The van der Waals surface area contributed by atoms with Gasteiger partial charge in [0.15, 0.2) is 6.17 Å². The number of rotatable bonds is 4. The standard InChI is InChI=1S/C15H12F4N2/c1-8-10(7-20)9(5-12(18)13(19)6-16)15-11(17)3-2-4-14(15)21-8/h2-4,12-13H,5-6H2,1H3. The van der Waals surface area contributed by atoms with Crippen LogP contribution in [-0.4, -0.2) is 24.0 Å². The van der Waals surface area contributed by atoms with E-state index in [1.807, 2.05) is 6.07 Å². The van der Waals surface area contributed by atoms with E-state index in [1.54, 1.807) is 0 Å². The average Bonchev–Trinajstić information content (AvgIpc) is 2.46. The van der Waals surface area contributed by atoms with Crippen molar-refractivity contribution in [1.82, 2.24) is 4.98 Å². The molecule has 6 heteroatoms. The minimum atomic E-state index is -2.30. The first-order valence-electron chi connectivity index (χ1n) is 6.31. The van der Waals surface area contributed by atoms with Crippen LogP contribution in [0.1, 0.15) is 16.8 Å². The maximum Gasteiger partial charge on any atom is 0.160 e. The normalized spacial score (nSPS) is 13.9. The smallest absolute Gasteiger partial charge is 0.160 e. The van der Waals surface area contributed by atoms with Crippen molar-refractivity contribution in [3.05, 3.63) is 40.8 Å². The van der Waals surface area contributed by atoms with Crippen LogP contribution in [0.5, 0.6) is 0 Å². The Hall–Kier alpha value is -2.16. The lowest BCUT2D eigenvalue weighted by molar-refractivity contribution is 0.137. The van der Waals surface area contributed by atoms with Crippen LogP contribution < -0.4 is 0 Å². The number of pyridine rings is 1. The van der Waals surface area contributed by atoms with Crippen LogP contribution >= 0.6 is 0 Å². The van der Waals surface area contributed by atoms with Crippen molar-refractivity contribution in [3.63, 3.8) is 0 Å². The molecular weight excluding hydrogens is 284 g/mol. The molecule has 2 nitrogen and oxygen atoms in total. The number of aromatic nitrogens is 1. The third-order valence-corrected chi connectivity index (χ3v) is 3.30. The lowest BCUT2D eigenvalue weighted by Gasteiger charge is -2.15. The van der Waals surface area contributed by atoms with E-state index in [0.717, 1.165) is 6.07 Å². The van der Waals surface area contributed by atoms with Crippen LogP contribution in [0.25, 0.3) is 10.9 Å². The van der Waals surface area contributed by atoms with E-state index in [0.29, 0.717) is 5.69 Å². The summed E-state index contributed by atoms with van der Waals surface area (Å²) in [5, 5.41) is 9.14. The quantitative estimate of drug-likeness (QED) is 0.806. The molecule has 0 aliphatic carbocycles. The minimum Gasteiger partial charge on any atom is -0.252 e. The van der Waals surface area contributed by atoms with Gasteiger partial charge in [0.25, 0.3) is 0 Å². The van der Waals surface area contributed by atoms with Gasteiger partial charge in [-0.05, 0) is 24.6 Å². The molecule has 2 atom stereocenters. The van der Waals surface area contributed by atoms with Gasteiger partial charge < -0.3 is 0 Å². The number of fused-ring (bicyclic) bond motifs is 1. The fourth-order valence-electron chi connectivity index (χ4n) is 2.26. The first kappa shape index (κ1) is 15.2. The molecule has 0 spiro atoms. The molecule has 0 saturated heterocycles. The molecule has 0 fully saturated rings. The molecule has 1 heterocycles. The van der Waals surface area contributed by atoms with E-state index in [-0.39, 0.29) is 22.0 Å². The van der Waals surface area contributed by atoms with Crippen LogP contribution in [0.4, 0.5) is 17.6 Å². The lowest BCUT2D eigenvalue weighted by Crippen LogP contribution is -2.22. The first-order valence-corrected chi connectivity index (χ1v) is 6.31. The molecule has 21 heavy (non-hydrogen) atoms. The number of hydrogen-bond acceptors (Lipinski definition) is 2. The van der Waals surface area contributed by atoms with Gasteiger partial charge in [-0.15, -0.1) is 0 Å². The topological polar surface area (TPSA) is 36.7 Å². The van der Waals surface area contributed by atoms with Gasteiger partial charge in [-0.1, -0.05) is 6.07 Å². The molecular formula is C15H12F4N2. The Morgan fingerprint density at radius 3 is 2.62 bits per heavy atom. The van der Waals surface area contributed by atoms with Crippen molar-refractivity contribution in [3.8, 4) is 6.07 Å².